The number of hydrogen-bond donors (Lipinski definition) is 1. The molecule has 35 heavy (non-hydrogen) atoms. The van der Waals surface area contributed by atoms with Crippen LogP contribution in [-0.4, -0.2) is 29.8 Å². The van der Waals surface area contributed by atoms with E-state index in [4.69, 9.17) is 0 Å². The summed E-state index contributed by atoms with van der Waals surface area (Å²) >= 11 is 0. The van der Waals surface area contributed by atoms with Crippen molar-refractivity contribution in [2.24, 2.45) is 0 Å². The molecule has 1 saturated heterocycles. The molecule has 0 bridgehead atoms. The van der Waals surface area contributed by atoms with Crippen molar-refractivity contribution < 1.29 is 14.0 Å². The normalized spacial score (nSPS) is 15.9. The zero-order chi connectivity index (χ0) is 24.7. The summed E-state index contributed by atoms with van der Waals surface area (Å²) in [6, 6.07) is 26.4. The summed E-state index contributed by atoms with van der Waals surface area (Å²) < 4.78 is 13.1. The van der Waals surface area contributed by atoms with Crippen molar-refractivity contribution in [1.82, 2.24) is 10.2 Å². The molecular weight excluding hydrogens is 439 g/mol. The molecule has 1 atom stereocenters. The van der Waals surface area contributed by atoms with Crippen LogP contribution in [-0.2, 0) is 21.4 Å². The van der Waals surface area contributed by atoms with E-state index in [1.165, 1.54) is 12.1 Å². The number of amides is 2. The first kappa shape index (κ1) is 24.6. The molecule has 4 rings (SSSR count). The highest BCUT2D eigenvalue weighted by atomic mass is 19.1. The van der Waals surface area contributed by atoms with Gasteiger partial charge in [0.2, 0.25) is 11.8 Å². The smallest absolute Gasteiger partial charge is 0.222 e. The number of nitrogens with one attached hydrogen (secondary N) is 1. The second-order valence-corrected chi connectivity index (χ2v) is 9.53. The summed E-state index contributed by atoms with van der Waals surface area (Å²) in [7, 11) is 0. The molecule has 1 unspecified atom stereocenters. The molecule has 4 nitrogen and oxygen atoms in total. The van der Waals surface area contributed by atoms with Gasteiger partial charge in [-0.3, -0.25) is 9.59 Å². The fourth-order valence-corrected chi connectivity index (χ4v) is 5.03. The van der Waals surface area contributed by atoms with Gasteiger partial charge in [0.1, 0.15) is 5.82 Å². The summed E-state index contributed by atoms with van der Waals surface area (Å²) in [5.74, 6) is -0.130. The molecule has 0 radical (unpaired) electrons. The summed E-state index contributed by atoms with van der Waals surface area (Å²) in [5, 5.41) is 3.17. The molecule has 3 aromatic carbocycles. The second kappa shape index (κ2) is 11.3. The Balaban J connectivity index is 1.39. The number of halogens is 1. The van der Waals surface area contributed by atoms with E-state index in [9.17, 15) is 14.0 Å². The first-order valence-corrected chi connectivity index (χ1v) is 12.4. The van der Waals surface area contributed by atoms with Gasteiger partial charge in [0.25, 0.3) is 0 Å². The molecule has 5 heteroatoms. The lowest BCUT2D eigenvalue weighted by molar-refractivity contribution is -0.133. The first-order chi connectivity index (χ1) is 16.9. The Bertz CT molecular complexity index is 1110. The average Bonchev–Trinajstić information content (AvgIpc) is 2.89. The summed E-state index contributed by atoms with van der Waals surface area (Å²) in [6.07, 6.45) is 2.88. The minimum absolute atomic E-state index is 0.0290. The monoisotopic (exact) mass is 472 g/mol. The zero-order valence-electron chi connectivity index (χ0n) is 20.3. The van der Waals surface area contributed by atoms with Crippen LogP contribution in [0, 0.1) is 5.82 Å². The van der Waals surface area contributed by atoms with Crippen LogP contribution in [0.2, 0.25) is 0 Å². The zero-order valence-corrected chi connectivity index (χ0v) is 20.3. The van der Waals surface area contributed by atoms with E-state index in [1.54, 1.807) is 12.1 Å². The van der Waals surface area contributed by atoms with E-state index in [1.807, 2.05) is 60.4 Å². The van der Waals surface area contributed by atoms with Crippen molar-refractivity contribution in [1.29, 1.82) is 0 Å². The van der Waals surface area contributed by atoms with Crippen LogP contribution in [0.4, 0.5) is 4.39 Å². The van der Waals surface area contributed by atoms with Crippen molar-refractivity contribution in [3.63, 3.8) is 0 Å². The van der Waals surface area contributed by atoms with Gasteiger partial charge in [-0.15, -0.1) is 0 Å². The van der Waals surface area contributed by atoms with E-state index in [-0.39, 0.29) is 29.1 Å². The molecule has 3 aromatic rings. The van der Waals surface area contributed by atoms with Gasteiger partial charge in [-0.25, -0.2) is 4.39 Å². The van der Waals surface area contributed by atoms with Gasteiger partial charge < -0.3 is 10.2 Å². The maximum atomic E-state index is 13.2. The maximum Gasteiger partial charge on any atom is 0.222 e. The molecular formula is C30H33FN2O2. The Morgan fingerprint density at radius 1 is 0.914 bits per heavy atom. The first-order valence-electron chi connectivity index (χ1n) is 12.4. The molecule has 182 valence electrons. The Labute approximate surface area is 207 Å². The molecule has 0 aliphatic carbocycles. The van der Waals surface area contributed by atoms with Gasteiger partial charge in [-0.2, -0.15) is 0 Å². The van der Waals surface area contributed by atoms with Gasteiger partial charge in [0.15, 0.2) is 0 Å². The Morgan fingerprint density at radius 3 is 2.14 bits per heavy atom. The van der Waals surface area contributed by atoms with Gasteiger partial charge >= 0.3 is 0 Å². The van der Waals surface area contributed by atoms with Crippen LogP contribution in [0.25, 0.3) is 0 Å². The summed E-state index contributed by atoms with van der Waals surface area (Å²) in [5.41, 5.74) is 2.90. The number of benzene rings is 3. The molecule has 2 amide bonds. The van der Waals surface area contributed by atoms with Crippen LogP contribution in [0.5, 0.6) is 0 Å². The average molecular weight is 473 g/mol. The van der Waals surface area contributed by atoms with Crippen molar-refractivity contribution in [3.8, 4) is 0 Å². The van der Waals surface area contributed by atoms with Crippen molar-refractivity contribution >= 4 is 11.8 Å². The molecule has 0 saturated carbocycles. The van der Waals surface area contributed by atoms with Crippen LogP contribution in [0.1, 0.15) is 55.3 Å². The highest BCUT2D eigenvalue weighted by Crippen LogP contribution is 2.39. The Kier molecular flexibility index (Phi) is 7.96. The highest BCUT2D eigenvalue weighted by molar-refractivity contribution is 5.79. The van der Waals surface area contributed by atoms with E-state index < -0.39 is 0 Å². The number of likely N-dealkylation sites (tertiary alicyclic amines) is 1. The minimum Gasteiger partial charge on any atom is -0.350 e. The van der Waals surface area contributed by atoms with E-state index in [2.05, 4.69) is 17.4 Å². The predicted octanol–water partition coefficient (Wildman–Crippen LogP) is 5.59. The quantitative estimate of drug-likeness (QED) is 0.465. The molecule has 1 fully saturated rings. The Morgan fingerprint density at radius 2 is 1.51 bits per heavy atom. The van der Waals surface area contributed by atoms with Crippen LogP contribution >= 0.6 is 0 Å². The Hall–Kier alpha value is -3.47. The van der Waals surface area contributed by atoms with E-state index in [0.29, 0.717) is 32.4 Å². The molecule has 1 aliphatic heterocycles. The van der Waals surface area contributed by atoms with Gasteiger partial charge in [0.05, 0.1) is 6.04 Å². The predicted molar refractivity (Wildman–Crippen MR) is 136 cm³/mol. The third kappa shape index (κ3) is 6.36. The van der Waals surface area contributed by atoms with E-state index in [0.717, 1.165) is 29.5 Å². The van der Waals surface area contributed by atoms with Gasteiger partial charge in [-0.1, -0.05) is 72.8 Å². The minimum atomic E-state index is -0.296. The van der Waals surface area contributed by atoms with Gasteiger partial charge in [-0.05, 0) is 55.0 Å². The maximum absolute atomic E-state index is 13.2. The lowest BCUT2D eigenvalue weighted by Gasteiger charge is -2.42. The number of hydrogen-bond acceptors (Lipinski definition) is 2. The SMILES string of the molecule is CC(NC(=O)CC1(c2ccccc2)CCN(C(=O)CCc2ccc(F)cc2)CC1)c1ccccc1. The molecule has 1 aliphatic rings. The largest absolute Gasteiger partial charge is 0.350 e. The van der Waals surface area contributed by atoms with E-state index >= 15 is 0 Å². The lowest BCUT2D eigenvalue weighted by Crippen LogP contribution is -2.47. The molecule has 1 N–H and O–H groups in total. The van der Waals surface area contributed by atoms with Crippen LogP contribution in [0.15, 0.2) is 84.9 Å². The third-order valence-electron chi connectivity index (χ3n) is 7.18. The molecule has 0 spiro atoms. The molecule has 1 heterocycles. The number of nitrogens with zero attached hydrogens (tertiary/aromatic N) is 1. The number of carbonyl (C=O) groups is 2. The fourth-order valence-electron chi connectivity index (χ4n) is 5.03. The summed E-state index contributed by atoms with van der Waals surface area (Å²) in [6.45, 7) is 3.25. The number of rotatable bonds is 8. The number of carbonyl (C=O) groups excluding carboxylic acids is 2. The van der Waals surface area contributed by atoms with Crippen molar-refractivity contribution in [2.45, 2.75) is 50.5 Å². The van der Waals surface area contributed by atoms with Crippen molar-refractivity contribution in [2.75, 3.05) is 13.1 Å². The van der Waals surface area contributed by atoms with Gasteiger partial charge in [0, 0.05) is 31.3 Å². The topological polar surface area (TPSA) is 49.4 Å². The van der Waals surface area contributed by atoms with Crippen molar-refractivity contribution in [3.05, 3.63) is 107 Å². The third-order valence-corrected chi connectivity index (χ3v) is 7.18. The standard InChI is InChI=1S/C30H33FN2O2/c1-23(25-8-4-2-5-9-25)32-28(34)22-30(26-10-6-3-7-11-26)18-20-33(21-19-30)29(35)17-14-24-12-15-27(31)16-13-24/h2-13,15-16,23H,14,17-22H2,1H3,(H,32,34). The lowest BCUT2D eigenvalue weighted by atomic mass is 9.70. The number of piperidine rings is 1. The van der Waals surface area contributed by atoms with Crippen LogP contribution < -0.4 is 5.32 Å². The molecule has 0 aromatic heterocycles. The fraction of sp³-hybridized carbons (Fsp3) is 0.333. The number of aryl methyl sites for hydroxylation is 1. The highest BCUT2D eigenvalue weighted by Gasteiger charge is 2.39. The summed E-state index contributed by atoms with van der Waals surface area (Å²) in [4.78, 5) is 27.9. The van der Waals surface area contributed by atoms with Crippen LogP contribution in [0.3, 0.4) is 0 Å². The second-order valence-electron chi connectivity index (χ2n) is 9.53.